The molecule has 1 fully saturated rings. The molecule has 1 N–H and O–H groups in total. The zero-order valence-corrected chi connectivity index (χ0v) is 8.01. The molecule has 0 spiro atoms. The smallest absolute Gasteiger partial charge is 0.0754 e. The van der Waals surface area contributed by atoms with Crippen LogP contribution in [0.3, 0.4) is 0 Å². The van der Waals surface area contributed by atoms with Crippen LogP contribution in [0.25, 0.3) is 0 Å². The van der Waals surface area contributed by atoms with Crippen LogP contribution in [0.5, 0.6) is 0 Å². The molecule has 2 aliphatic rings. The minimum Gasteiger partial charge on any atom is -0.391 e. The average molecular weight is 186 g/mol. The molecule has 0 radical (unpaired) electrons. The van der Waals surface area contributed by atoms with Crippen molar-refractivity contribution in [2.24, 2.45) is 5.41 Å². The fourth-order valence-electron chi connectivity index (χ4n) is 2.19. The summed E-state index contributed by atoms with van der Waals surface area (Å²) in [6.07, 6.45) is 5.73. The Morgan fingerprint density at radius 2 is 2.42 bits per heavy atom. The Bertz CT molecular complexity index is 249. The molecule has 1 heterocycles. The van der Waals surface area contributed by atoms with Crippen LogP contribution in [-0.4, -0.2) is 26.4 Å². The summed E-state index contributed by atoms with van der Waals surface area (Å²) < 4.78 is 11.5. The van der Waals surface area contributed by atoms with E-state index in [4.69, 9.17) is 0 Å². The number of rotatable bonds is 0. The minimum atomic E-state index is -0.810. The molecule has 1 aliphatic heterocycles. The fourth-order valence-corrected chi connectivity index (χ4v) is 4.30. The molecule has 1 aliphatic carbocycles. The Hall–Kier alpha value is -0.150. The van der Waals surface area contributed by atoms with E-state index < -0.39 is 16.9 Å². The molecule has 0 unspecified atom stereocenters. The highest BCUT2D eigenvalue weighted by Gasteiger charge is 2.49. The second kappa shape index (κ2) is 2.67. The zero-order valence-electron chi connectivity index (χ0n) is 7.19. The lowest BCUT2D eigenvalue weighted by atomic mass is 9.77. The van der Waals surface area contributed by atoms with Gasteiger partial charge in [-0.2, -0.15) is 0 Å². The van der Waals surface area contributed by atoms with Gasteiger partial charge in [-0.1, -0.05) is 19.1 Å². The van der Waals surface area contributed by atoms with E-state index in [-0.39, 0.29) is 10.7 Å². The second-order valence-corrected chi connectivity index (χ2v) is 5.56. The molecular formula is C9H14O2S. The van der Waals surface area contributed by atoms with Gasteiger partial charge in [0.1, 0.15) is 0 Å². The van der Waals surface area contributed by atoms with Gasteiger partial charge in [0.25, 0.3) is 0 Å². The summed E-state index contributed by atoms with van der Waals surface area (Å²) in [6, 6.07) is 0. The molecular weight excluding hydrogens is 172 g/mol. The third-order valence-corrected chi connectivity index (χ3v) is 5.15. The molecule has 2 nitrogen and oxygen atoms in total. The maximum absolute atomic E-state index is 11.5. The summed E-state index contributed by atoms with van der Waals surface area (Å²) in [6.45, 7) is 2.02. The van der Waals surface area contributed by atoms with Crippen LogP contribution in [0.1, 0.15) is 19.8 Å². The third-order valence-electron chi connectivity index (χ3n) is 3.12. The van der Waals surface area contributed by atoms with Gasteiger partial charge in [-0.25, -0.2) is 0 Å². The quantitative estimate of drug-likeness (QED) is 0.569. The van der Waals surface area contributed by atoms with Crippen molar-refractivity contribution in [1.82, 2.24) is 0 Å². The van der Waals surface area contributed by atoms with Crippen molar-refractivity contribution in [1.29, 1.82) is 0 Å². The summed E-state index contributed by atoms with van der Waals surface area (Å²) in [5, 5.41) is 9.90. The van der Waals surface area contributed by atoms with Gasteiger partial charge in [-0.3, -0.25) is 4.21 Å². The van der Waals surface area contributed by atoms with E-state index in [1.807, 2.05) is 6.92 Å². The van der Waals surface area contributed by atoms with Gasteiger partial charge >= 0.3 is 0 Å². The van der Waals surface area contributed by atoms with Gasteiger partial charge in [0.15, 0.2) is 0 Å². The Labute approximate surface area is 75.1 Å². The molecule has 3 heteroatoms. The van der Waals surface area contributed by atoms with Crippen molar-refractivity contribution in [2.75, 3.05) is 5.75 Å². The Morgan fingerprint density at radius 3 is 3.08 bits per heavy atom. The molecule has 0 aromatic rings. The molecule has 68 valence electrons. The van der Waals surface area contributed by atoms with Crippen molar-refractivity contribution in [3.63, 3.8) is 0 Å². The highest BCUT2D eigenvalue weighted by molar-refractivity contribution is 7.86. The predicted octanol–water partition coefficient (Wildman–Crippen LogP) is 0.835. The molecule has 4 atom stereocenters. The van der Waals surface area contributed by atoms with Crippen molar-refractivity contribution in [3.8, 4) is 0 Å². The van der Waals surface area contributed by atoms with Gasteiger partial charge in [0.05, 0.1) is 11.9 Å². The maximum atomic E-state index is 11.5. The molecule has 0 bridgehead atoms. The molecule has 0 aromatic carbocycles. The number of hydrogen-bond donors (Lipinski definition) is 1. The van der Waals surface area contributed by atoms with Gasteiger partial charge in [0, 0.05) is 21.5 Å². The first-order valence-electron chi connectivity index (χ1n) is 4.37. The van der Waals surface area contributed by atoms with Gasteiger partial charge < -0.3 is 5.11 Å². The van der Waals surface area contributed by atoms with Gasteiger partial charge in [-0.15, -0.1) is 0 Å². The summed E-state index contributed by atoms with van der Waals surface area (Å²) in [5.74, 6) is 0.464. The van der Waals surface area contributed by atoms with E-state index in [1.165, 1.54) is 0 Å². The molecule has 0 saturated carbocycles. The zero-order chi connectivity index (χ0) is 8.77. The first-order valence-corrected chi connectivity index (χ1v) is 5.76. The van der Waals surface area contributed by atoms with Gasteiger partial charge in [0.2, 0.25) is 0 Å². The Kier molecular flexibility index (Phi) is 1.88. The van der Waals surface area contributed by atoms with Crippen LogP contribution in [0.15, 0.2) is 12.2 Å². The maximum Gasteiger partial charge on any atom is 0.0754 e. The minimum absolute atomic E-state index is 0.192. The summed E-state index contributed by atoms with van der Waals surface area (Å²) in [5.41, 5.74) is -0.205. The van der Waals surface area contributed by atoms with Crippen molar-refractivity contribution >= 4 is 10.8 Å². The van der Waals surface area contributed by atoms with E-state index in [1.54, 1.807) is 0 Å². The number of fused-ring (bicyclic) bond motifs is 1. The SMILES string of the molecule is C[C@@]12C=CCC[C@@H]1[S@](=O)C[C@@H]2O. The highest BCUT2D eigenvalue weighted by atomic mass is 32.2. The van der Waals surface area contributed by atoms with E-state index in [9.17, 15) is 9.32 Å². The third kappa shape index (κ3) is 0.995. The number of hydrogen-bond acceptors (Lipinski definition) is 2. The first kappa shape index (κ1) is 8.45. The van der Waals surface area contributed by atoms with E-state index >= 15 is 0 Å². The Morgan fingerprint density at radius 1 is 1.67 bits per heavy atom. The normalized spacial score (nSPS) is 52.3. The molecule has 0 amide bonds. The van der Waals surface area contributed by atoms with E-state index in [0.717, 1.165) is 12.8 Å². The second-order valence-electron chi connectivity index (χ2n) is 3.90. The van der Waals surface area contributed by atoms with Crippen molar-refractivity contribution in [2.45, 2.75) is 31.1 Å². The lowest BCUT2D eigenvalue weighted by Crippen LogP contribution is -2.36. The van der Waals surface area contributed by atoms with Crippen molar-refractivity contribution < 1.29 is 9.32 Å². The van der Waals surface area contributed by atoms with Crippen LogP contribution in [0.2, 0.25) is 0 Å². The number of aliphatic hydroxyl groups excluding tert-OH is 1. The van der Waals surface area contributed by atoms with Crippen LogP contribution in [0.4, 0.5) is 0 Å². The first-order chi connectivity index (χ1) is 5.64. The Balaban J connectivity index is 2.37. The van der Waals surface area contributed by atoms with Crippen LogP contribution >= 0.6 is 0 Å². The van der Waals surface area contributed by atoms with Crippen molar-refractivity contribution in [3.05, 3.63) is 12.2 Å². The largest absolute Gasteiger partial charge is 0.391 e. The van der Waals surface area contributed by atoms with Crippen LogP contribution in [0, 0.1) is 5.41 Å². The van der Waals surface area contributed by atoms with Crippen LogP contribution in [-0.2, 0) is 10.8 Å². The number of aliphatic hydroxyl groups is 1. The summed E-state index contributed by atoms with van der Waals surface area (Å²) >= 11 is 0. The molecule has 0 aromatic heterocycles. The van der Waals surface area contributed by atoms with E-state index in [2.05, 4.69) is 12.2 Å². The van der Waals surface area contributed by atoms with Gasteiger partial charge in [-0.05, 0) is 12.8 Å². The van der Waals surface area contributed by atoms with Crippen LogP contribution < -0.4 is 0 Å². The lowest BCUT2D eigenvalue weighted by Gasteiger charge is -2.32. The highest BCUT2D eigenvalue weighted by Crippen LogP contribution is 2.43. The summed E-state index contributed by atoms with van der Waals surface area (Å²) in [7, 11) is -0.810. The number of allylic oxidation sites excluding steroid dienone is 1. The monoisotopic (exact) mass is 186 g/mol. The molecule has 2 rings (SSSR count). The lowest BCUT2D eigenvalue weighted by molar-refractivity contribution is 0.0960. The standard InChI is InChI=1S/C9H14O2S/c1-9-5-3-2-4-8(9)12(11)6-7(9)10/h3,5,7-8,10H,2,4,6H2,1H3/t7-,8-,9-,12+/m0/s1. The topological polar surface area (TPSA) is 37.3 Å². The fraction of sp³-hybridized carbons (Fsp3) is 0.778. The molecule has 12 heavy (non-hydrogen) atoms. The summed E-state index contributed by atoms with van der Waals surface area (Å²) in [4.78, 5) is 0. The average Bonchev–Trinajstić information content (AvgIpc) is 2.25. The molecule has 1 saturated heterocycles. The predicted molar refractivity (Wildman–Crippen MR) is 49.3 cm³/mol. The van der Waals surface area contributed by atoms with E-state index in [0.29, 0.717) is 5.75 Å².